The van der Waals surface area contributed by atoms with Crippen molar-refractivity contribution in [1.82, 2.24) is 0 Å². The molecule has 4 rings (SSSR count). The topological polar surface area (TPSA) is 35.5 Å². The van der Waals surface area contributed by atoms with E-state index in [1.54, 1.807) is 0 Å². The standard InChI is InChI=1S/C23H24O3/c1-15-21(24)13-20-14-22(15)25-26-23(20,3)16(2)17-9-11-19(12-10-17)18-7-5-4-6-8-18/h4-12,15,20,22H,2,13-14H2,1,3H3. The highest BCUT2D eigenvalue weighted by Crippen LogP contribution is 2.47. The lowest BCUT2D eigenvalue weighted by Gasteiger charge is -2.48. The van der Waals surface area contributed by atoms with E-state index in [0.29, 0.717) is 6.42 Å². The number of Topliss-reactive ketones (excluding diaryl/α,β-unsaturated/α-hetero) is 1. The van der Waals surface area contributed by atoms with Crippen LogP contribution in [0, 0.1) is 11.8 Å². The smallest absolute Gasteiger partial charge is 0.138 e. The lowest BCUT2D eigenvalue weighted by Crippen LogP contribution is -2.53. The van der Waals surface area contributed by atoms with E-state index >= 15 is 0 Å². The van der Waals surface area contributed by atoms with Crippen molar-refractivity contribution < 1.29 is 14.6 Å². The van der Waals surface area contributed by atoms with E-state index in [9.17, 15) is 4.79 Å². The number of hydrogen-bond donors (Lipinski definition) is 0. The van der Waals surface area contributed by atoms with Crippen LogP contribution in [0.15, 0.2) is 61.2 Å². The minimum absolute atomic E-state index is 0.0887. The fraction of sp³-hybridized carbons (Fsp3) is 0.348. The first-order valence-corrected chi connectivity index (χ1v) is 9.21. The summed E-state index contributed by atoms with van der Waals surface area (Å²) in [6.45, 7) is 8.21. The lowest BCUT2D eigenvalue weighted by molar-refractivity contribution is -0.412. The third kappa shape index (κ3) is 2.81. The van der Waals surface area contributed by atoms with E-state index in [4.69, 9.17) is 9.78 Å². The van der Waals surface area contributed by atoms with Crippen molar-refractivity contribution in [3.8, 4) is 11.1 Å². The zero-order chi connectivity index (χ0) is 18.3. The van der Waals surface area contributed by atoms with Gasteiger partial charge in [-0.05, 0) is 35.6 Å². The molecule has 26 heavy (non-hydrogen) atoms. The van der Waals surface area contributed by atoms with E-state index in [1.807, 2.05) is 32.0 Å². The quantitative estimate of drug-likeness (QED) is 0.726. The monoisotopic (exact) mass is 348 g/mol. The predicted octanol–water partition coefficient (Wildman–Crippen LogP) is 5.07. The van der Waals surface area contributed by atoms with Gasteiger partial charge in [0.2, 0.25) is 0 Å². The second kappa shape index (κ2) is 6.49. The number of carbonyl (C=O) groups is 1. The lowest BCUT2D eigenvalue weighted by atomic mass is 9.68. The molecule has 0 radical (unpaired) electrons. The Bertz CT molecular complexity index is 824. The maximum atomic E-state index is 12.3. The first-order valence-electron chi connectivity index (χ1n) is 9.21. The number of fused-ring (bicyclic) bond motifs is 2. The molecule has 2 aliphatic rings. The van der Waals surface area contributed by atoms with Crippen LogP contribution in [0.5, 0.6) is 0 Å². The number of ketones is 1. The third-order valence-corrected chi connectivity index (χ3v) is 6.09. The second-order valence-electron chi connectivity index (χ2n) is 7.64. The molecule has 0 aromatic heterocycles. The zero-order valence-electron chi connectivity index (χ0n) is 15.3. The molecular weight excluding hydrogens is 324 g/mol. The van der Waals surface area contributed by atoms with Crippen LogP contribution in [0.25, 0.3) is 16.7 Å². The van der Waals surface area contributed by atoms with Crippen LogP contribution in [-0.2, 0) is 14.6 Å². The summed E-state index contributed by atoms with van der Waals surface area (Å²) in [6, 6.07) is 18.6. The van der Waals surface area contributed by atoms with Crippen LogP contribution >= 0.6 is 0 Å². The highest BCUT2D eigenvalue weighted by Gasteiger charge is 2.51. The van der Waals surface area contributed by atoms with Gasteiger partial charge in [0.25, 0.3) is 0 Å². The first-order chi connectivity index (χ1) is 12.5. The van der Waals surface area contributed by atoms with Gasteiger partial charge in [0.05, 0.1) is 0 Å². The third-order valence-electron chi connectivity index (χ3n) is 6.09. The molecule has 0 spiro atoms. The molecule has 4 atom stereocenters. The van der Waals surface area contributed by atoms with Crippen LogP contribution in [0.1, 0.15) is 32.3 Å². The molecule has 2 bridgehead atoms. The van der Waals surface area contributed by atoms with Crippen LogP contribution in [0.3, 0.4) is 0 Å². The van der Waals surface area contributed by atoms with Gasteiger partial charge in [-0.15, -0.1) is 0 Å². The molecule has 4 unspecified atom stereocenters. The summed E-state index contributed by atoms with van der Waals surface area (Å²) in [5.41, 5.74) is 3.54. The average molecular weight is 348 g/mol. The van der Waals surface area contributed by atoms with Crippen LogP contribution in [-0.4, -0.2) is 17.5 Å². The number of hydrogen-bond acceptors (Lipinski definition) is 3. The molecule has 0 amide bonds. The largest absolute Gasteiger partial charge is 0.299 e. The van der Waals surface area contributed by atoms with Gasteiger partial charge in [0.1, 0.15) is 17.5 Å². The Hall–Kier alpha value is -2.23. The SMILES string of the molecule is C=C(c1ccc(-c2ccccc2)cc1)C1(C)OOC2CC1CC(=O)C2C. The number of carbonyl (C=O) groups excluding carboxylic acids is 1. The van der Waals surface area contributed by atoms with Gasteiger partial charge in [-0.25, -0.2) is 9.78 Å². The molecule has 1 saturated heterocycles. The van der Waals surface area contributed by atoms with Crippen LogP contribution in [0.2, 0.25) is 0 Å². The van der Waals surface area contributed by atoms with Crippen molar-refractivity contribution in [2.75, 3.05) is 0 Å². The first kappa shape index (κ1) is 17.2. The Morgan fingerprint density at radius 1 is 1.08 bits per heavy atom. The average Bonchev–Trinajstić information content (AvgIpc) is 2.68. The number of rotatable bonds is 3. The van der Waals surface area contributed by atoms with Gasteiger partial charge < -0.3 is 0 Å². The van der Waals surface area contributed by atoms with E-state index in [2.05, 4.69) is 43.0 Å². The van der Waals surface area contributed by atoms with Gasteiger partial charge >= 0.3 is 0 Å². The normalized spacial score (nSPS) is 30.8. The highest BCUT2D eigenvalue weighted by atomic mass is 17.2. The van der Waals surface area contributed by atoms with Gasteiger partial charge in [-0.1, -0.05) is 68.1 Å². The Kier molecular flexibility index (Phi) is 4.29. The summed E-state index contributed by atoms with van der Waals surface area (Å²) in [5, 5.41) is 0. The van der Waals surface area contributed by atoms with Gasteiger partial charge in [-0.2, -0.15) is 0 Å². The summed E-state index contributed by atoms with van der Waals surface area (Å²) in [6.07, 6.45) is 1.23. The highest BCUT2D eigenvalue weighted by molar-refractivity contribution is 5.83. The van der Waals surface area contributed by atoms with Gasteiger partial charge in [-0.3, -0.25) is 4.79 Å². The van der Waals surface area contributed by atoms with Crippen LogP contribution in [0.4, 0.5) is 0 Å². The molecular formula is C23H24O3. The maximum Gasteiger partial charge on any atom is 0.138 e. The van der Waals surface area contributed by atoms with Gasteiger partial charge in [0.15, 0.2) is 0 Å². The zero-order valence-corrected chi connectivity index (χ0v) is 15.3. The van der Waals surface area contributed by atoms with E-state index < -0.39 is 5.60 Å². The summed E-state index contributed by atoms with van der Waals surface area (Å²) < 4.78 is 0. The molecule has 2 aromatic rings. The Labute approximate surface area is 154 Å². The molecule has 2 fully saturated rings. The minimum Gasteiger partial charge on any atom is -0.299 e. The van der Waals surface area contributed by atoms with Crippen LogP contribution < -0.4 is 0 Å². The van der Waals surface area contributed by atoms with Crippen molar-refractivity contribution >= 4 is 11.4 Å². The van der Waals surface area contributed by atoms with E-state index in [0.717, 1.165) is 23.1 Å². The molecule has 134 valence electrons. The molecule has 3 nitrogen and oxygen atoms in total. The number of benzene rings is 2. The van der Waals surface area contributed by atoms with Crippen molar-refractivity contribution in [2.24, 2.45) is 11.8 Å². The molecule has 1 aliphatic heterocycles. The van der Waals surface area contributed by atoms with Gasteiger partial charge in [0, 0.05) is 18.3 Å². The van der Waals surface area contributed by atoms with Crippen molar-refractivity contribution in [1.29, 1.82) is 0 Å². The molecule has 1 heterocycles. The van der Waals surface area contributed by atoms with E-state index in [-0.39, 0.29) is 23.7 Å². The Balaban J connectivity index is 1.58. The second-order valence-corrected chi connectivity index (χ2v) is 7.64. The predicted molar refractivity (Wildman–Crippen MR) is 102 cm³/mol. The molecule has 1 aliphatic carbocycles. The van der Waals surface area contributed by atoms with Crippen molar-refractivity contribution in [3.63, 3.8) is 0 Å². The fourth-order valence-electron chi connectivity index (χ4n) is 4.05. The fourth-order valence-corrected chi connectivity index (χ4v) is 4.05. The van der Waals surface area contributed by atoms with Crippen molar-refractivity contribution in [2.45, 2.75) is 38.4 Å². The summed E-state index contributed by atoms with van der Waals surface area (Å²) in [4.78, 5) is 23.7. The molecule has 1 saturated carbocycles. The van der Waals surface area contributed by atoms with Crippen molar-refractivity contribution in [3.05, 3.63) is 66.7 Å². The summed E-state index contributed by atoms with van der Waals surface area (Å²) in [7, 11) is 0. The molecule has 3 heteroatoms. The Morgan fingerprint density at radius 2 is 1.73 bits per heavy atom. The Morgan fingerprint density at radius 3 is 2.42 bits per heavy atom. The maximum absolute atomic E-state index is 12.3. The van der Waals surface area contributed by atoms with E-state index in [1.165, 1.54) is 5.56 Å². The molecule has 0 N–H and O–H groups in total. The summed E-state index contributed by atoms with van der Waals surface area (Å²) >= 11 is 0. The minimum atomic E-state index is -0.680. The summed E-state index contributed by atoms with van der Waals surface area (Å²) in [5.74, 6) is 0.272. The molecule has 2 aromatic carbocycles.